The highest BCUT2D eigenvalue weighted by Crippen LogP contribution is 2.30. The Morgan fingerprint density at radius 1 is 1.12 bits per heavy atom. The van der Waals surface area contributed by atoms with Crippen LogP contribution < -0.4 is 5.32 Å². The van der Waals surface area contributed by atoms with Crippen LogP contribution in [0.15, 0.2) is 48.8 Å². The first-order chi connectivity index (χ1) is 12.3. The van der Waals surface area contributed by atoms with Crippen molar-refractivity contribution in [1.29, 1.82) is 0 Å². The highest BCUT2D eigenvalue weighted by molar-refractivity contribution is 7.18. The van der Waals surface area contributed by atoms with Gasteiger partial charge in [0, 0.05) is 18.4 Å². The Labute approximate surface area is 148 Å². The number of anilines is 1. The monoisotopic (exact) mass is 352 g/mol. The Morgan fingerprint density at radius 2 is 1.92 bits per heavy atom. The Balaban J connectivity index is 1.46. The zero-order chi connectivity index (χ0) is 17.1. The van der Waals surface area contributed by atoms with Gasteiger partial charge in [-0.15, -0.1) is 10.2 Å². The molecule has 8 heteroatoms. The SMILES string of the molecule is O=C(Nc1nnc(-c2ccccn2)s1)N(Cc1ccccn1)C1CC1. The lowest BCUT2D eigenvalue weighted by atomic mass is 10.3. The number of hydrogen-bond donors (Lipinski definition) is 1. The zero-order valence-electron chi connectivity index (χ0n) is 13.4. The van der Waals surface area contributed by atoms with E-state index >= 15 is 0 Å². The van der Waals surface area contributed by atoms with Gasteiger partial charge < -0.3 is 4.90 Å². The highest BCUT2D eigenvalue weighted by Gasteiger charge is 2.33. The molecule has 0 aliphatic heterocycles. The first kappa shape index (κ1) is 15.6. The van der Waals surface area contributed by atoms with E-state index in [1.807, 2.05) is 41.3 Å². The van der Waals surface area contributed by atoms with Crippen molar-refractivity contribution in [2.45, 2.75) is 25.4 Å². The van der Waals surface area contributed by atoms with E-state index in [-0.39, 0.29) is 12.1 Å². The molecule has 1 saturated carbocycles. The molecule has 0 aromatic carbocycles. The molecule has 0 saturated heterocycles. The van der Waals surface area contributed by atoms with Gasteiger partial charge in [0.1, 0.15) is 5.69 Å². The van der Waals surface area contributed by atoms with Gasteiger partial charge in [-0.2, -0.15) is 0 Å². The average Bonchev–Trinajstić information content (AvgIpc) is 3.39. The van der Waals surface area contributed by atoms with Crippen molar-refractivity contribution in [2.24, 2.45) is 0 Å². The van der Waals surface area contributed by atoms with Gasteiger partial charge in [-0.05, 0) is 37.1 Å². The van der Waals surface area contributed by atoms with Gasteiger partial charge in [-0.3, -0.25) is 15.3 Å². The molecule has 1 aliphatic rings. The number of pyridine rings is 2. The van der Waals surface area contributed by atoms with Gasteiger partial charge in [0.2, 0.25) is 5.13 Å². The van der Waals surface area contributed by atoms with Crippen LogP contribution in [0.25, 0.3) is 10.7 Å². The zero-order valence-corrected chi connectivity index (χ0v) is 14.2. The maximum atomic E-state index is 12.7. The van der Waals surface area contributed by atoms with E-state index in [9.17, 15) is 4.79 Å². The molecule has 25 heavy (non-hydrogen) atoms. The molecule has 0 bridgehead atoms. The summed E-state index contributed by atoms with van der Waals surface area (Å²) < 4.78 is 0. The van der Waals surface area contributed by atoms with Crippen LogP contribution in [-0.2, 0) is 6.54 Å². The number of carbonyl (C=O) groups excluding carboxylic acids is 1. The second-order valence-corrected chi connectivity index (χ2v) is 6.72. The normalized spacial score (nSPS) is 13.4. The van der Waals surface area contributed by atoms with Crippen LogP contribution in [0.5, 0.6) is 0 Å². The number of rotatable bonds is 5. The fourth-order valence-electron chi connectivity index (χ4n) is 2.45. The summed E-state index contributed by atoms with van der Waals surface area (Å²) in [7, 11) is 0. The van der Waals surface area contributed by atoms with Crippen LogP contribution in [-0.4, -0.2) is 37.1 Å². The molecular weight excluding hydrogens is 336 g/mol. The molecule has 7 nitrogen and oxygen atoms in total. The summed E-state index contributed by atoms with van der Waals surface area (Å²) in [5.74, 6) is 0. The lowest BCUT2D eigenvalue weighted by molar-refractivity contribution is 0.205. The molecule has 126 valence electrons. The Hall–Kier alpha value is -2.87. The number of aromatic nitrogens is 4. The minimum Gasteiger partial charge on any atom is -0.316 e. The van der Waals surface area contributed by atoms with Crippen molar-refractivity contribution in [1.82, 2.24) is 25.1 Å². The van der Waals surface area contributed by atoms with E-state index in [4.69, 9.17) is 0 Å². The third kappa shape index (κ3) is 3.80. The van der Waals surface area contributed by atoms with Crippen molar-refractivity contribution in [3.63, 3.8) is 0 Å². The standard InChI is InChI=1S/C17H16N6OS/c24-17(23(13-7-8-13)11-12-5-1-3-9-18-12)20-16-22-21-15(25-16)14-6-2-4-10-19-14/h1-6,9-10,13H,7-8,11H2,(H,20,22,24). The molecule has 1 aliphatic carbocycles. The quantitative estimate of drug-likeness (QED) is 0.762. The summed E-state index contributed by atoms with van der Waals surface area (Å²) in [6, 6.07) is 11.4. The molecule has 2 amide bonds. The summed E-state index contributed by atoms with van der Waals surface area (Å²) in [6.45, 7) is 0.489. The van der Waals surface area contributed by atoms with Crippen LogP contribution >= 0.6 is 11.3 Å². The highest BCUT2D eigenvalue weighted by atomic mass is 32.1. The van der Waals surface area contributed by atoms with E-state index in [2.05, 4.69) is 25.5 Å². The van der Waals surface area contributed by atoms with Crippen molar-refractivity contribution >= 4 is 22.5 Å². The van der Waals surface area contributed by atoms with Gasteiger partial charge in [-0.25, -0.2) is 4.79 Å². The molecule has 0 unspecified atom stereocenters. The van der Waals surface area contributed by atoms with Gasteiger partial charge in [-0.1, -0.05) is 23.5 Å². The van der Waals surface area contributed by atoms with Crippen LogP contribution in [0, 0.1) is 0 Å². The Kier molecular flexibility index (Phi) is 4.34. The van der Waals surface area contributed by atoms with Gasteiger partial charge in [0.15, 0.2) is 5.01 Å². The Morgan fingerprint density at radius 3 is 2.60 bits per heavy atom. The molecular formula is C17H16N6OS. The predicted molar refractivity (Wildman–Crippen MR) is 95.0 cm³/mol. The smallest absolute Gasteiger partial charge is 0.316 e. The second kappa shape index (κ2) is 6.94. The van der Waals surface area contributed by atoms with E-state index in [0.717, 1.165) is 24.2 Å². The molecule has 3 heterocycles. The molecule has 1 fully saturated rings. The minimum atomic E-state index is -0.170. The van der Waals surface area contributed by atoms with E-state index in [1.54, 1.807) is 12.4 Å². The van der Waals surface area contributed by atoms with Crippen molar-refractivity contribution in [3.8, 4) is 10.7 Å². The number of urea groups is 1. The molecule has 4 rings (SSSR count). The topological polar surface area (TPSA) is 83.9 Å². The summed E-state index contributed by atoms with van der Waals surface area (Å²) in [5.41, 5.74) is 1.61. The van der Waals surface area contributed by atoms with Crippen LogP contribution in [0.1, 0.15) is 18.5 Å². The number of nitrogens with zero attached hydrogens (tertiary/aromatic N) is 5. The largest absolute Gasteiger partial charge is 0.324 e. The third-order valence-corrected chi connectivity index (χ3v) is 4.69. The van der Waals surface area contributed by atoms with Crippen molar-refractivity contribution < 1.29 is 4.79 Å². The van der Waals surface area contributed by atoms with E-state index < -0.39 is 0 Å². The maximum absolute atomic E-state index is 12.7. The van der Waals surface area contributed by atoms with Gasteiger partial charge >= 0.3 is 6.03 Å². The molecule has 0 radical (unpaired) electrons. The number of hydrogen-bond acceptors (Lipinski definition) is 6. The van der Waals surface area contributed by atoms with Gasteiger partial charge in [0.25, 0.3) is 0 Å². The predicted octanol–water partition coefficient (Wildman–Crippen LogP) is 3.19. The molecule has 0 atom stereocenters. The van der Waals surface area contributed by atoms with E-state index in [1.165, 1.54) is 11.3 Å². The third-order valence-electron chi connectivity index (χ3n) is 3.83. The second-order valence-electron chi connectivity index (χ2n) is 5.74. The van der Waals surface area contributed by atoms with Crippen LogP contribution in [0.4, 0.5) is 9.93 Å². The van der Waals surface area contributed by atoms with E-state index in [0.29, 0.717) is 16.7 Å². The Bertz CT molecular complexity index is 850. The first-order valence-electron chi connectivity index (χ1n) is 8.02. The first-order valence-corrected chi connectivity index (χ1v) is 8.84. The summed E-state index contributed by atoms with van der Waals surface area (Å²) in [4.78, 5) is 23.0. The molecule has 0 spiro atoms. The van der Waals surface area contributed by atoms with Crippen molar-refractivity contribution in [2.75, 3.05) is 5.32 Å². The number of carbonyl (C=O) groups is 1. The number of nitrogens with one attached hydrogen (secondary N) is 1. The summed E-state index contributed by atoms with van der Waals surface area (Å²) in [5, 5.41) is 12.2. The average molecular weight is 352 g/mol. The fourth-order valence-corrected chi connectivity index (χ4v) is 3.16. The van der Waals surface area contributed by atoms with Gasteiger partial charge in [0.05, 0.1) is 12.2 Å². The van der Waals surface area contributed by atoms with Crippen LogP contribution in [0.2, 0.25) is 0 Å². The molecule has 1 N–H and O–H groups in total. The minimum absolute atomic E-state index is 0.170. The van der Waals surface area contributed by atoms with Crippen molar-refractivity contribution in [3.05, 3.63) is 54.5 Å². The lowest BCUT2D eigenvalue weighted by Gasteiger charge is -2.21. The fraction of sp³-hybridized carbons (Fsp3) is 0.235. The summed E-state index contributed by atoms with van der Waals surface area (Å²) >= 11 is 1.31. The maximum Gasteiger partial charge on any atom is 0.324 e. The summed E-state index contributed by atoms with van der Waals surface area (Å²) in [6.07, 6.45) is 5.49. The number of amides is 2. The van der Waals surface area contributed by atoms with Crippen LogP contribution in [0.3, 0.4) is 0 Å². The molecule has 3 aromatic rings. The molecule has 3 aromatic heterocycles. The lowest BCUT2D eigenvalue weighted by Crippen LogP contribution is -2.36.